The highest BCUT2D eigenvalue weighted by Crippen LogP contribution is 2.18. The molecule has 25 heavy (non-hydrogen) atoms. The predicted octanol–water partition coefficient (Wildman–Crippen LogP) is 0.230. The monoisotopic (exact) mass is 410 g/mol. The molecule has 11 heteroatoms. The summed E-state index contributed by atoms with van der Waals surface area (Å²) in [7, 11) is -10.8. The average molecular weight is 411 g/mol. The van der Waals surface area contributed by atoms with Crippen LogP contribution >= 0.6 is 0 Å². The van der Waals surface area contributed by atoms with Crippen molar-refractivity contribution in [2.24, 2.45) is 0 Å². The van der Waals surface area contributed by atoms with E-state index in [2.05, 4.69) is 9.44 Å². The van der Waals surface area contributed by atoms with Gasteiger partial charge in [0, 0.05) is 12.6 Å². The second kappa shape index (κ2) is 7.70. The summed E-state index contributed by atoms with van der Waals surface area (Å²) in [5.74, 6) is -0.263. The van der Waals surface area contributed by atoms with Crippen LogP contribution in [-0.4, -0.2) is 49.3 Å². The van der Waals surface area contributed by atoms with Crippen molar-refractivity contribution in [2.45, 2.75) is 42.0 Å². The minimum atomic E-state index is -3.91. The number of sulfone groups is 1. The molecule has 142 valence electrons. The standard InChI is InChI=1S/C14H22N2O6S3/c1-2-3-9-15-24(19,20)13-4-6-14(7-5-13)25(21,22)16-12-8-10-23(17,18)11-12/h4-7,12,15-16H,2-3,8-11H2,1H3. The third-order valence-electron chi connectivity index (χ3n) is 3.82. The fourth-order valence-electron chi connectivity index (χ4n) is 2.44. The number of rotatable bonds is 8. The highest BCUT2D eigenvalue weighted by Gasteiger charge is 2.31. The molecule has 0 spiro atoms. The Bertz CT molecular complexity index is 906. The van der Waals surface area contributed by atoms with Crippen LogP contribution in [0.3, 0.4) is 0 Å². The Kier molecular flexibility index (Phi) is 6.26. The summed E-state index contributed by atoms with van der Waals surface area (Å²) in [5.41, 5.74) is 0. The first kappa shape index (κ1) is 20.3. The number of nitrogens with one attached hydrogen (secondary N) is 2. The normalized spacial score (nSPS) is 20.6. The minimum absolute atomic E-state index is 0.0222. The quantitative estimate of drug-likeness (QED) is 0.591. The van der Waals surface area contributed by atoms with Crippen molar-refractivity contribution in [3.05, 3.63) is 24.3 Å². The molecule has 1 atom stereocenters. The van der Waals surface area contributed by atoms with Crippen molar-refractivity contribution in [1.29, 1.82) is 0 Å². The van der Waals surface area contributed by atoms with Gasteiger partial charge in [-0.2, -0.15) is 0 Å². The van der Waals surface area contributed by atoms with Crippen molar-refractivity contribution in [1.82, 2.24) is 9.44 Å². The highest BCUT2D eigenvalue weighted by atomic mass is 32.2. The maximum atomic E-state index is 12.3. The Morgan fingerprint density at radius 3 is 2.08 bits per heavy atom. The predicted molar refractivity (Wildman–Crippen MR) is 93.9 cm³/mol. The number of benzene rings is 1. The van der Waals surface area contributed by atoms with Crippen molar-refractivity contribution >= 4 is 29.9 Å². The zero-order valence-electron chi connectivity index (χ0n) is 13.8. The van der Waals surface area contributed by atoms with Gasteiger partial charge in [0.05, 0.1) is 21.3 Å². The summed E-state index contributed by atoms with van der Waals surface area (Å²) >= 11 is 0. The van der Waals surface area contributed by atoms with E-state index in [1.165, 1.54) is 24.3 Å². The van der Waals surface area contributed by atoms with Gasteiger partial charge in [0.15, 0.2) is 9.84 Å². The SMILES string of the molecule is CCCCNS(=O)(=O)c1ccc(S(=O)(=O)NC2CCS(=O)(=O)C2)cc1. The van der Waals surface area contributed by atoms with E-state index in [0.29, 0.717) is 13.0 Å². The summed E-state index contributed by atoms with van der Waals surface area (Å²) in [5, 5.41) is 0. The van der Waals surface area contributed by atoms with Crippen LogP contribution in [0.4, 0.5) is 0 Å². The maximum absolute atomic E-state index is 12.3. The van der Waals surface area contributed by atoms with E-state index in [0.717, 1.165) is 6.42 Å². The Labute approximate surface area is 149 Å². The molecular formula is C14H22N2O6S3. The van der Waals surface area contributed by atoms with E-state index in [1.54, 1.807) is 0 Å². The van der Waals surface area contributed by atoms with Crippen LogP contribution in [-0.2, 0) is 29.9 Å². The van der Waals surface area contributed by atoms with Crippen molar-refractivity contribution in [2.75, 3.05) is 18.1 Å². The van der Waals surface area contributed by atoms with E-state index in [-0.39, 0.29) is 27.7 Å². The molecule has 1 saturated heterocycles. The van der Waals surface area contributed by atoms with E-state index >= 15 is 0 Å². The van der Waals surface area contributed by atoms with Crippen LogP contribution in [0.5, 0.6) is 0 Å². The summed E-state index contributed by atoms with van der Waals surface area (Å²) in [6.45, 7) is 2.26. The lowest BCUT2D eigenvalue weighted by Gasteiger charge is -2.12. The van der Waals surface area contributed by atoms with Crippen molar-refractivity contribution in [3.63, 3.8) is 0 Å². The number of unbranched alkanes of at least 4 members (excludes halogenated alkanes) is 1. The van der Waals surface area contributed by atoms with Crippen LogP contribution in [0.15, 0.2) is 34.1 Å². The molecule has 0 aromatic heterocycles. The van der Waals surface area contributed by atoms with Gasteiger partial charge < -0.3 is 0 Å². The van der Waals surface area contributed by atoms with Crippen LogP contribution in [0.2, 0.25) is 0 Å². The molecule has 8 nitrogen and oxygen atoms in total. The number of hydrogen-bond donors (Lipinski definition) is 2. The van der Waals surface area contributed by atoms with Gasteiger partial charge in [-0.15, -0.1) is 0 Å². The fraction of sp³-hybridized carbons (Fsp3) is 0.571. The lowest BCUT2D eigenvalue weighted by atomic mass is 10.3. The first-order chi connectivity index (χ1) is 11.6. The molecule has 2 N–H and O–H groups in total. The first-order valence-electron chi connectivity index (χ1n) is 7.88. The zero-order chi connectivity index (χ0) is 18.7. The zero-order valence-corrected chi connectivity index (χ0v) is 16.3. The molecule has 0 saturated carbocycles. The molecule has 1 aliphatic rings. The molecular weight excluding hydrogens is 388 g/mol. The van der Waals surface area contributed by atoms with E-state index in [4.69, 9.17) is 0 Å². The lowest BCUT2D eigenvalue weighted by molar-refractivity contribution is 0.561. The van der Waals surface area contributed by atoms with Crippen LogP contribution in [0, 0.1) is 0 Å². The molecule has 1 unspecified atom stereocenters. The maximum Gasteiger partial charge on any atom is 0.240 e. The molecule has 1 aromatic carbocycles. The molecule has 0 aliphatic carbocycles. The largest absolute Gasteiger partial charge is 0.240 e. The topological polar surface area (TPSA) is 126 Å². The van der Waals surface area contributed by atoms with E-state index in [9.17, 15) is 25.3 Å². The smallest absolute Gasteiger partial charge is 0.229 e. The third kappa shape index (κ3) is 5.48. The van der Waals surface area contributed by atoms with Crippen LogP contribution in [0.25, 0.3) is 0 Å². The van der Waals surface area contributed by atoms with Crippen molar-refractivity contribution in [3.8, 4) is 0 Å². The molecule has 1 aromatic rings. The van der Waals surface area contributed by atoms with Gasteiger partial charge in [-0.3, -0.25) is 0 Å². The Morgan fingerprint density at radius 2 is 1.60 bits per heavy atom. The first-order valence-corrected chi connectivity index (χ1v) is 12.7. The summed E-state index contributed by atoms with van der Waals surface area (Å²) in [4.78, 5) is -0.129. The van der Waals surface area contributed by atoms with Crippen LogP contribution < -0.4 is 9.44 Å². The molecule has 1 heterocycles. The molecule has 0 bridgehead atoms. The summed E-state index contributed by atoms with van der Waals surface area (Å²) in [6.07, 6.45) is 1.79. The molecule has 1 fully saturated rings. The van der Waals surface area contributed by atoms with Gasteiger partial charge in [-0.05, 0) is 37.1 Å². The molecule has 1 aliphatic heterocycles. The second-order valence-corrected chi connectivity index (χ2v) is 11.7. The van der Waals surface area contributed by atoms with Gasteiger partial charge in [0.2, 0.25) is 20.0 Å². The van der Waals surface area contributed by atoms with Gasteiger partial charge in [-0.1, -0.05) is 13.3 Å². The molecule has 0 radical (unpaired) electrons. The average Bonchev–Trinajstić information content (AvgIpc) is 2.85. The van der Waals surface area contributed by atoms with E-state index < -0.39 is 35.9 Å². The third-order valence-corrected chi connectivity index (χ3v) is 8.60. The number of hydrogen-bond acceptors (Lipinski definition) is 6. The van der Waals surface area contributed by atoms with E-state index in [1.807, 2.05) is 6.92 Å². The Morgan fingerprint density at radius 1 is 1.04 bits per heavy atom. The second-order valence-electron chi connectivity index (χ2n) is 5.94. The minimum Gasteiger partial charge on any atom is -0.229 e. The van der Waals surface area contributed by atoms with Gasteiger partial charge in [0.25, 0.3) is 0 Å². The fourth-order valence-corrected chi connectivity index (χ4v) is 6.56. The van der Waals surface area contributed by atoms with Crippen LogP contribution in [0.1, 0.15) is 26.2 Å². The molecule has 0 amide bonds. The van der Waals surface area contributed by atoms with Gasteiger partial charge in [0.1, 0.15) is 0 Å². The summed E-state index contributed by atoms with van der Waals surface area (Å²) < 4.78 is 76.4. The highest BCUT2D eigenvalue weighted by molar-refractivity contribution is 7.92. The summed E-state index contributed by atoms with van der Waals surface area (Å²) in [6, 6.07) is 4.16. The Hall–Kier alpha value is -1.01. The van der Waals surface area contributed by atoms with Gasteiger partial charge >= 0.3 is 0 Å². The van der Waals surface area contributed by atoms with Crippen molar-refractivity contribution < 1.29 is 25.3 Å². The van der Waals surface area contributed by atoms with Gasteiger partial charge in [-0.25, -0.2) is 34.7 Å². The lowest BCUT2D eigenvalue weighted by Crippen LogP contribution is -2.35. The Balaban J connectivity index is 2.10. The molecule has 2 rings (SSSR count). The number of sulfonamides is 2.